The van der Waals surface area contributed by atoms with Crippen molar-refractivity contribution >= 4 is 23.3 Å². The Bertz CT molecular complexity index is 1350. The van der Waals surface area contributed by atoms with Crippen LogP contribution >= 0.6 is 11.6 Å². The Kier molecular flexibility index (Phi) is 8.91. The first-order valence-corrected chi connectivity index (χ1v) is 14.8. The molecule has 0 aliphatic heterocycles. The molecule has 2 aliphatic carbocycles. The number of methoxy groups -OCH3 is 2. The molecule has 1 spiro atoms. The van der Waals surface area contributed by atoms with Gasteiger partial charge in [-0.2, -0.15) is 0 Å². The lowest BCUT2D eigenvalue weighted by Crippen LogP contribution is -2.53. The second kappa shape index (κ2) is 12.4. The highest BCUT2D eigenvalue weighted by Gasteiger charge is 2.54. The molecule has 0 heterocycles. The van der Waals surface area contributed by atoms with Crippen LogP contribution < -0.4 is 10.1 Å². The Labute approximate surface area is 247 Å². The summed E-state index contributed by atoms with van der Waals surface area (Å²) < 4.78 is 31.3. The van der Waals surface area contributed by atoms with Gasteiger partial charge in [-0.05, 0) is 115 Å². The van der Waals surface area contributed by atoms with Crippen LogP contribution in [0.5, 0.6) is 5.75 Å². The van der Waals surface area contributed by atoms with Gasteiger partial charge in [-0.3, -0.25) is 0 Å². The van der Waals surface area contributed by atoms with Crippen LogP contribution in [0.1, 0.15) is 55.7 Å². The van der Waals surface area contributed by atoms with E-state index in [-0.39, 0.29) is 17.2 Å². The Morgan fingerprint density at radius 3 is 2.49 bits per heavy atom. The molecular formula is C34H39ClFNO4. The monoisotopic (exact) mass is 579 g/mol. The number of ether oxygens (including phenoxy) is 3. The molecule has 7 heteroatoms. The molecule has 3 aromatic rings. The number of esters is 1. The van der Waals surface area contributed by atoms with Gasteiger partial charge in [-0.1, -0.05) is 42.8 Å². The first-order chi connectivity index (χ1) is 19.8. The smallest absolute Gasteiger partial charge is 0.331 e. The van der Waals surface area contributed by atoms with Gasteiger partial charge in [0.1, 0.15) is 17.1 Å². The topological polar surface area (TPSA) is 56.8 Å². The number of hydrogen-bond acceptors (Lipinski definition) is 5. The van der Waals surface area contributed by atoms with Crippen molar-refractivity contribution in [1.82, 2.24) is 0 Å². The van der Waals surface area contributed by atoms with Crippen molar-refractivity contribution < 1.29 is 23.4 Å². The summed E-state index contributed by atoms with van der Waals surface area (Å²) in [6.45, 7) is 3.42. The summed E-state index contributed by atoms with van der Waals surface area (Å²) >= 11 is 6.23. The lowest BCUT2D eigenvalue weighted by Gasteiger charge is -2.47. The van der Waals surface area contributed by atoms with Gasteiger partial charge < -0.3 is 19.5 Å². The van der Waals surface area contributed by atoms with Crippen molar-refractivity contribution in [3.8, 4) is 5.75 Å². The molecule has 0 radical (unpaired) electrons. The summed E-state index contributed by atoms with van der Waals surface area (Å²) in [6, 6.07) is 20.6. The first-order valence-electron chi connectivity index (χ1n) is 14.4. The summed E-state index contributed by atoms with van der Waals surface area (Å²) in [5.41, 5.74) is 3.16. The number of carbonyl (C=O) groups is 1. The molecule has 5 nitrogen and oxygen atoms in total. The van der Waals surface area contributed by atoms with Gasteiger partial charge in [0.15, 0.2) is 0 Å². The highest BCUT2D eigenvalue weighted by Crippen LogP contribution is 2.56. The predicted octanol–water partition coefficient (Wildman–Crippen LogP) is 7.74. The number of nitrogens with one attached hydrogen (secondary N) is 1. The van der Waals surface area contributed by atoms with Crippen molar-refractivity contribution in [1.29, 1.82) is 0 Å². The molecule has 3 aromatic carbocycles. The summed E-state index contributed by atoms with van der Waals surface area (Å²) in [6.07, 6.45) is 4.56. The number of fused-ring (bicyclic) bond motifs is 2. The van der Waals surface area contributed by atoms with Crippen LogP contribution in [0.4, 0.5) is 10.1 Å². The minimum absolute atomic E-state index is 0.199. The van der Waals surface area contributed by atoms with Crippen molar-refractivity contribution in [2.45, 2.75) is 63.0 Å². The van der Waals surface area contributed by atoms with Gasteiger partial charge in [-0.25, -0.2) is 9.18 Å². The first kappa shape index (κ1) is 29.4. The second-order valence-electron chi connectivity index (χ2n) is 11.8. The van der Waals surface area contributed by atoms with Crippen LogP contribution in [0.25, 0.3) is 0 Å². The van der Waals surface area contributed by atoms with Crippen molar-refractivity contribution in [3.63, 3.8) is 0 Å². The fraction of sp³-hybridized carbons (Fsp3) is 0.441. The average molecular weight is 580 g/mol. The van der Waals surface area contributed by atoms with Gasteiger partial charge in [0.2, 0.25) is 0 Å². The van der Waals surface area contributed by atoms with Crippen LogP contribution in [0.15, 0.2) is 66.7 Å². The fourth-order valence-corrected chi connectivity index (χ4v) is 7.24. The van der Waals surface area contributed by atoms with Gasteiger partial charge in [0.25, 0.3) is 0 Å². The maximum absolute atomic E-state index is 14.6. The molecule has 1 N–H and O–H groups in total. The van der Waals surface area contributed by atoms with E-state index in [2.05, 4.69) is 12.2 Å². The predicted molar refractivity (Wildman–Crippen MR) is 160 cm³/mol. The zero-order chi connectivity index (χ0) is 29.0. The normalized spacial score (nSPS) is 24.1. The van der Waals surface area contributed by atoms with Crippen molar-refractivity contribution in [3.05, 3.63) is 94.3 Å². The number of hydrogen-bond donors (Lipinski definition) is 1. The van der Waals surface area contributed by atoms with E-state index in [1.54, 1.807) is 19.2 Å². The maximum atomic E-state index is 14.6. The zero-order valence-electron chi connectivity index (χ0n) is 24.1. The quantitative estimate of drug-likeness (QED) is 0.249. The van der Waals surface area contributed by atoms with Gasteiger partial charge in [0, 0.05) is 17.3 Å². The van der Waals surface area contributed by atoms with E-state index in [1.165, 1.54) is 12.7 Å². The van der Waals surface area contributed by atoms with Crippen molar-refractivity contribution in [2.24, 2.45) is 11.8 Å². The highest BCUT2D eigenvalue weighted by molar-refractivity contribution is 6.30. The van der Waals surface area contributed by atoms with E-state index >= 15 is 0 Å². The molecule has 2 aliphatic rings. The van der Waals surface area contributed by atoms with E-state index < -0.39 is 5.54 Å². The number of halogens is 2. The summed E-state index contributed by atoms with van der Waals surface area (Å²) in [5, 5.41) is 4.08. The zero-order valence-corrected chi connectivity index (χ0v) is 24.8. The number of benzene rings is 3. The van der Waals surface area contributed by atoms with E-state index in [1.807, 2.05) is 54.6 Å². The van der Waals surface area contributed by atoms with E-state index in [4.69, 9.17) is 25.8 Å². The molecule has 41 heavy (non-hydrogen) atoms. The third-order valence-corrected chi connectivity index (χ3v) is 9.39. The Balaban J connectivity index is 1.31. The Morgan fingerprint density at radius 2 is 1.80 bits per heavy atom. The minimum Gasteiger partial charge on any atom is -0.497 e. The van der Waals surface area contributed by atoms with E-state index in [0.29, 0.717) is 42.9 Å². The third kappa shape index (κ3) is 6.24. The lowest BCUT2D eigenvalue weighted by molar-refractivity contribution is -0.148. The summed E-state index contributed by atoms with van der Waals surface area (Å²) in [5.74, 6) is 1.01. The maximum Gasteiger partial charge on any atom is 0.331 e. The molecule has 0 aromatic heterocycles. The fourth-order valence-electron chi connectivity index (χ4n) is 7.05. The third-order valence-electron chi connectivity index (χ3n) is 9.15. The second-order valence-corrected chi connectivity index (χ2v) is 12.2. The molecule has 0 saturated heterocycles. The van der Waals surface area contributed by atoms with Crippen LogP contribution in [0, 0.1) is 17.7 Å². The minimum atomic E-state index is -0.863. The molecule has 5 rings (SSSR count). The standard InChI is InChI=1S/C34H39ClFNO4/c1-23(21-41-22-24-7-11-30(39-2)12-8-24)17-26-18-25-9-10-28(36)20-31(25)33(26)13-15-34(16-14-33,32(38)40-3)37-29-6-4-5-27(35)19-29/h4-12,19-20,23,26,37H,13-18,21-22H2,1-3H3/t23-,26?,33?,34?/m1/s1. The molecule has 1 fully saturated rings. The van der Waals surface area contributed by atoms with Gasteiger partial charge in [0.05, 0.1) is 20.8 Å². The van der Waals surface area contributed by atoms with Crippen molar-refractivity contribution in [2.75, 3.05) is 26.1 Å². The van der Waals surface area contributed by atoms with E-state index in [9.17, 15) is 9.18 Å². The van der Waals surface area contributed by atoms with Gasteiger partial charge >= 0.3 is 5.97 Å². The number of carbonyl (C=O) groups excluding carboxylic acids is 1. The molecule has 0 bridgehead atoms. The molecule has 2 atom stereocenters. The van der Waals surface area contributed by atoms with E-state index in [0.717, 1.165) is 48.2 Å². The molecule has 1 saturated carbocycles. The Hall–Kier alpha value is -3.09. The molecule has 1 unspecified atom stereocenters. The average Bonchev–Trinajstić information content (AvgIpc) is 3.25. The number of anilines is 1. The van der Waals surface area contributed by atoms with Gasteiger partial charge in [-0.15, -0.1) is 0 Å². The van der Waals surface area contributed by atoms with Crippen LogP contribution in [-0.4, -0.2) is 32.3 Å². The summed E-state index contributed by atoms with van der Waals surface area (Å²) in [7, 11) is 3.10. The van der Waals surface area contributed by atoms with Crippen LogP contribution in [0.3, 0.4) is 0 Å². The SMILES string of the molecule is COC(=O)C1(Nc2cccc(Cl)c2)CCC2(CC1)c1cc(F)ccc1CC2C[C@@H](C)COCc1ccc(OC)cc1. The largest absolute Gasteiger partial charge is 0.497 e. The highest BCUT2D eigenvalue weighted by atomic mass is 35.5. The summed E-state index contributed by atoms with van der Waals surface area (Å²) in [4.78, 5) is 13.2. The molecule has 218 valence electrons. The Morgan fingerprint density at radius 1 is 1.05 bits per heavy atom. The molecule has 0 amide bonds. The van der Waals surface area contributed by atoms with Crippen LogP contribution in [0.2, 0.25) is 5.02 Å². The number of rotatable bonds is 10. The van der Waals surface area contributed by atoms with Crippen LogP contribution in [-0.2, 0) is 32.7 Å². The lowest BCUT2D eigenvalue weighted by atomic mass is 9.59. The molecular weight excluding hydrogens is 541 g/mol.